The number of carboxylic acids is 2. The van der Waals surface area contributed by atoms with Crippen LogP contribution < -0.4 is 9.62 Å². The summed E-state index contributed by atoms with van der Waals surface area (Å²) in [7, 11) is -3.94. The van der Waals surface area contributed by atoms with Gasteiger partial charge in [0.05, 0.1) is 10.8 Å². The van der Waals surface area contributed by atoms with Gasteiger partial charge in [0, 0.05) is 36.2 Å². The summed E-state index contributed by atoms with van der Waals surface area (Å²) in [5.41, 5.74) is 2.07. The van der Waals surface area contributed by atoms with Gasteiger partial charge in [-0.3, -0.25) is 14.3 Å². The average Bonchev–Trinajstić information content (AvgIpc) is 3.41. The lowest BCUT2D eigenvalue weighted by Crippen LogP contribution is -2.25. The van der Waals surface area contributed by atoms with Gasteiger partial charge < -0.3 is 19.7 Å². The summed E-state index contributed by atoms with van der Waals surface area (Å²) in [5, 5.41) is 18.4. The highest BCUT2D eigenvalue weighted by Crippen LogP contribution is 2.28. The standard InChI is InChI=1S/C23H21N3O7S/c1-14-11-16(4-9-19(14)25-10-2-3-20(25)23(30)31)24-34(32,33)18-7-5-17(6-8-18)26-13-15(22(28)29)12-21(26)27/h2-11,15,24H,12-13H2,1H3,(H,28,29)(H,30,31). The third-order valence-corrected chi connectivity index (χ3v) is 7.01. The Morgan fingerprint density at radius 2 is 1.76 bits per heavy atom. The van der Waals surface area contributed by atoms with Crippen LogP contribution in [-0.2, 0) is 19.6 Å². The summed E-state index contributed by atoms with van der Waals surface area (Å²) in [6, 6.07) is 13.5. The van der Waals surface area contributed by atoms with Gasteiger partial charge in [-0.05, 0) is 67.1 Å². The van der Waals surface area contributed by atoms with Crippen molar-refractivity contribution in [3.8, 4) is 5.69 Å². The van der Waals surface area contributed by atoms with E-state index >= 15 is 0 Å². The van der Waals surface area contributed by atoms with E-state index in [0.29, 0.717) is 22.6 Å². The number of benzene rings is 2. The van der Waals surface area contributed by atoms with Crippen LogP contribution in [0.5, 0.6) is 0 Å². The smallest absolute Gasteiger partial charge is 0.352 e. The Balaban J connectivity index is 1.53. The van der Waals surface area contributed by atoms with Crippen molar-refractivity contribution in [2.24, 2.45) is 5.92 Å². The third-order valence-electron chi connectivity index (χ3n) is 5.61. The molecule has 0 bridgehead atoms. The lowest BCUT2D eigenvalue weighted by atomic mass is 10.1. The van der Waals surface area contributed by atoms with E-state index in [0.717, 1.165) is 0 Å². The molecule has 10 nitrogen and oxygen atoms in total. The summed E-state index contributed by atoms with van der Waals surface area (Å²) in [5.74, 6) is -3.24. The van der Waals surface area contributed by atoms with E-state index in [1.54, 1.807) is 31.3 Å². The molecule has 1 fully saturated rings. The summed E-state index contributed by atoms with van der Waals surface area (Å²) in [6.45, 7) is 1.78. The Morgan fingerprint density at radius 3 is 2.35 bits per heavy atom. The summed E-state index contributed by atoms with van der Waals surface area (Å²) >= 11 is 0. The number of nitrogens with one attached hydrogen (secondary N) is 1. The highest BCUT2D eigenvalue weighted by atomic mass is 32.2. The van der Waals surface area contributed by atoms with Crippen LogP contribution >= 0.6 is 0 Å². The van der Waals surface area contributed by atoms with Gasteiger partial charge in [0.25, 0.3) is 10.0 Å². The first-order chi connectivity index (χ1) is 16.1. The van der Waals surface area contributed by atoms with Crippen molar-refractivity contribution in [3.05, 3.63) is 72.1 Å². The molecule has 176 valence electrons. The zero-order valence-corrected chi connectivity index (χ0v) is 18.8. The Bertz CT molecular complexity index is 1390. The van der Waals surface area contributed by atoms with E-state index in [1.165, 1.54) is 45.9 Å². The summed E-state index contributed by atoms with van der Waals surface area (Å²) in [4.78, 5) is 36.0. The van der Waals surface area contributed by atoms with Gasteiger partial charge in [-0.15, -0.1) is 0 Å². The first kappa shape index (κ1) is 23.1. The second-order valence-electron chi connectivity index (χ2n) is 7.91. The molecule has 2 aromatic carbocycles. The molecular weight excluding hydrogens is 462 g/mol. The predicted octanol–water partition coefficient (Wildman–Crippen LogP) is 2.72. The van der Waals surface area contributed by atoms with Crippen molar-refractivity contribution in [3.63, 3.8) is 0 Å². The van der Waals surface area contributed by atoms with E-state index in [4.69, 9.17) is 5.11 Å². The number of aryl methyl sites for hydroxylation is 1. The van der Waals surface area contributed by atoms with Crippen LogP contribution in [0.15, 0.2) is 65.7 Å². The number of sulfonamides is 1. The van der Waals surface area contributed by atoms with Gasteiger partial charge in [0.1, 0.15) is 5.69 Å². The molecule has 1 amide bonds. The van der Waals surface area contributed by atoms with Crippen LogP contribution in [0.4, 0.5) is 11.4 Å². The van der Waals surface area contributed by atoms with Crippen molar-refractivity contribution in [2.45, 2.75) is 18.2 Å². The minimum atomic E-state index is -3.94. The average molecular weight is 484 g/mol. The van der Waals surface area contributed by atoms with E-state index < -0.39 is 27.9 Å². The van der Waals surface area contributed by atoms with Gasteiger partial charge in [-0.1, -0.05) is 0 Å². The van der Waals surface area contributed by atoms with Crippen molar-refractivity contribution in [1.82, 2.24) is 4.57 Å². The second-order valence-corrected chi connectivity index (χ2v) is 9.60. The quantitative estimate of drug-likeness (QED) is 0.468. The van der Waals surface area contributed by atoms with Crippen LogP contribution in [0.2, 0.25) is 0 Å². The van der Waals surface area contributed by atoms with Crippen molar-refractivity contribution in [2.75, 3.05) is 16.2 Å². The molecule has 1 aliphatic heterocycles. The number of aromatic carboxylic acids is 1. The fraction of sp³-hybridized carbons (Fsp3) is 0.174. The molecule has 3 aromatic rings. The van der Waals surface area contributed by atoms with Crippen LogP contribution in [0.25, 0.3) is 5.69 Å². The van der Waals surface area contributed by atoms with Crippen molar-refractivity contribution in [1.29, 1.82) is 0 Å². The number of rotatable bonds is 7. The molecule has 3 N–H and O–H groups in total. The molecule has 0 aliphatic carbocycles. The fourth-order valence-electron chi connectivity index (χ4n) is 3.90. The van der Waals surface area contributed by atoms with Gasteiger partial charge in [-0.2, -0.15) is 0 Å². The number of carboxylic acid groups (broad SMARTS) is 2. The van der Waals surface area contributed by atoms with Crippen LogP contribution in [0.1, 0.15) is 22.5 Å². The lowest BCUT2D eigenvalue weighted by Gasteiger charge is -2.17. The Kier molecular flexibility index (Phi) is 5.88. The number of nitrogens with zero attached hydrogens (tertiary/aromatic N) is 2. The first-order valence-corrected chi connectivity index (χ1v) is 11.7. The second kappa shape index (κ2) is 8.67. The molecule has 0 saturated carbocycles. The molecule has 1 unspecified atom stereocenters. The van der Waals surface area contributed by atoms with Crippen LogP contribution in [-0.4, -0.2) is 47.6 Å². The number of aliphatic carboxylic acids is 1. The van der Waals surface area contributed by atoms with E-state index in [1.807, 2.05) is 0 Å². The molecule has 1 saturated heterocycles. The van der Waals surface area contributed by atoms with Crippen molar-refractivity contribution < 1.29 is 33.0 Å². The van der Waals surface area contributed by atoms with Gasteiger partial charge in [0.15, 0.2) is 0 Å². The SMILES string of the molecule is Cc1cc(NS(=O)(=O)c2ccc(N3CC(C(=O)O)CC3=O)cc2)ccc1-n1cccc1C(=O)O. The minimum absolute atomic E-state index is 0.0296. The molecular formula is C23H21N3O7S. The van der Waals surface area contributed by atoms with Gasteiger partial charge in [-0.25, -0.2) is 13.2 Å². The van der Waals surface area contributed by atoms with Crippen LogP contribution in [0.3, 0.4) is 0 Å². The maximum absolute atomic E-state index is 12.9. The molecule has 0 spiro atoms. The third kappa shape index (κ3) is 4.37. The molecule has 1 aromatic heterocycles. The van der Waals surface area contributed by atoms with Gasteiger partial charge >= 0.3 is 11.9 Å². The number of carbonyl (C=O) groups is 3. The highest BCUT2D eigenvalue weighted by Gasteiger charge is 2.35. The number of carbonyl (C=O) groups excluding carboxylic acids is 1. The largest absolute Gasteiger partial charge is 0.481 e. The molecule has 2 heterocycles. The number of amides is 1. The molecule has 34 heavy (non-hydrogen) atoms. The van der Waals surface area contributed by atoms with E-state index in [-0.39, 0.29) is 29.5 Å². The van der Waals surface area contributed by atoms with E-state index in [9.17, 15) is 27.9 Å². The fourth-order valence-corrected chi connectivity index (χ4v) is 4.95. The first-order valence-electron chi connectivity index (χ1n) is 10.2. The highest BCUT2D eigenvalue weighted by molar-refractivity contribution is 7.92. The minimum Gasteiger partial charge on any atom is -0.481 e. The number of aromatic nitrogens is 1. The maximum atomic E-state index is 12.9. The zero-order valence-electron chi connectivity index (χ0n) is 18.0. The molecule has 4 rings (SSSR count). The molecule has 1 atom stereocenters. The lowest BCUT2D eigenvalue weighted by molar-refractivity contribution is -0.141. The molecule has 11 heteroatoms. The van der Waals surface area contributed by atoms with Gasteiger partial charge in [0.2, 0.25) is 5.91 Å². The van der Waals surface area contributed by atoms with Crippen LogP contribution in [0, 0.1) is 12.8 Å². The number of hydrogen-bond donors (Lipinski definition) is 3. The topological polar surface area (TPSA) is 146 Å². The number of anilines is 2. The zero-order chi connectivity index (χ0) is 24.6. The molecule has 0 radical (unpaired) electrons. The van der Waals surface area contributed by atoms with Crippen molar-refractivity contribution >= 4 is 39.2 Å². The predicted molar refractivity (Wildman–Crippen MR) is 123 cm³/mol. The Hall–Kier alpha value is -4.12. The van der Waals surface area contributed by atoms with E-state index in [2.05, 4.69) is 4.72 Å². The maximum Gasteiger partial charge on any atom is 0.352 e. The summed E-state index contributed by atoms with van der Waals surface area (Å²) < 4.78 is 29.7. The normalized spacial score (nSPS) is 16.0. The Labute approximate surface area is 195 Å². The summed E-state index contributed by atoms with van der Waals surface area (Å²) in [6.07, 6.45) is 1.52. The monoisotopic (exact) mass is 483 g/mol. The Morgan fingerprint density at radius 1 is 1.06 bits per heavy atom. The molecule has 1 aliphatic rings. The number of hydrogen-bond acceptors (Lipinski definition) is 5.